The number of ketones is 1. The summed E-state index contributed by atoms with van der Waals surface area (Å²) in [5.41, 5.74) is 2.92. The number of methoxy groups -OCH3 is 1. The van der Waals surface area contributed by atoms with Gasteiger partial charge in [-0.1, -0.05) is 0 Å². The lowest BCUT2D eigenvalue weighted by Gasteiger charge is -2.13. The van der Waals surface area contributed by atoms with Crippen molar-refractivity contribution in [1.82, 2.24) is 4.90 Å². The second-order valence-electron chi connectivity index (χ2n) is 4.30. The van der Waals surface area contributed by atoms with Crippen LogP contribution in [0.25, 0.3) is 0 Å². The summed E-state index contributed by atoms with van der Waals surface area (Å²) in [5, 5.41) is 0. The van der Waals surface area contributed by atoms with Crippen molar-refractivity contribution in [3.8, 4) is 5.75 Å². The highest BCUT2D eigenvalue weighted by Crippen LogP contribution is 2.23. The minimum Gasteiger partial charge on any atom is -0.496 e. The molecule has 3 heteroatoms. The molecule has 0 amide bonds. The van der Waals surface area contributed by atoms with Crippen LogP contribution in [-0.2, 0) is 0 Å². The van der Waals surface area contributed by atoms with E-state index in [1.165, 1.54) is 0 Å². The van der Waals surface area contributed by atoms with Crippen LogP contribution < -0.4 is 4.74 Å². The fourth-order valence-electron chi connectivity index (χ4n) is 1.55. The smallest absolute Gasteiger partial charge is 0.180 e. The molecule has 88 valence electrons. The Morgan fingerprint density at radius 3 is 2.31 bits per heavy atom. The zero-order chi connectivity index (χ0) is 12.3. The predicted molar refractivity (Wildman–Crippen MR) is 65.4 cm³/mol. The van der Waals surface area contributed by atoms with Gasteiger partial charge in [-0.05, 0) is 51.2 Å². The Hall–Kier alpha value is -1.35. The van der Waals surface area contributed by atoms with E-state index in [1.807, 2.05) is 45.0 Å². The van der Waals surface area contributed by atoms with Crippen LogP contribution in [0, 0.1) is 13.8 Å². The Morgan fingerprint density at radius 1 is 1.25 bits per heavy atom. The molecular formula is C13H19NO2. The summed E-state index contributed by atoms with van der Waals surface area (Å²) in [6.45, 7) is 4.41. The van der Waals surface area contributed by atoms with Gasteiger partial charge in [0.15, 0.2) is 5.78 Å². The van der Waals surface area contributed by atoms with E-state index >= 15 is 0 Å². The summed E-state index contributed by atoms with van der Waals surface area (Å²) in [4.78, 5) is 13.8. The van der Waals surface area contributed by atoms with E-state index < -0.39 is 0 Å². The Bertz CT molecular complexity index is 397. The van der Waals surface area contributed by atoms with Crippen molar-refractivity contribution in [2.24, 2.45) is 0 Å². The van der Waals surface area contributed by atoms with Crippen LogP contribution >= 0.6 is 0 Å². The summed E-state index contributed by atoms with van der Waals surface area (Å²) in [6, 6.07) is 3.82. The van der Waals surface area contributed by atoms with Gasteiger partial charge < -0.3 is 9.64 Å². The Balaban J connectivity index is 3.11. The van der Waals surface area contributed by atoms with E-state index in [-0.39, 0.29) is 5.78 Å². The monoisotopic (exact) mass is 221 g/mol. The van der Waals surface area contributed by atoms with Crippen LogP contribution in [0.3, 0.4) is 0 Å². The van der Waals surface area contributed by atoms with Crippen molar-refractivity contribution < 1.29 is 9.53 Å². The average Bonchev–Trinajstić information content (AvgIpc) is 2.20. The molecule has 0 heterocycles. The highest BCUT2D eigenvalue weighted by Gasteiger charge is 2.14. The topological polar surface area (TPSA) is 29.5 Å². The first-order valence-corrected chi connectivity index (χ1v) is 5.29. The molecule has 3 nitrogen and oxygen atoms in total. The molecule has 1 aromatic carbocycles. The van der Waals surface area contributed by atoms with Gasteiger partial charge in [0.05, 0.1) is 19.2 Å². The predicted octanol–water partition coefficient (Wildman–Crippen LogP) is 2.06. The third kappa shape index (κ3) is 2.83. The van der Waals surface area contributed by atoms with E-state index in [0.29, 0.717) is 17.9 Å². The molecule has 0 unspecified atom stereocenters. The van der Waals surface area contributed by atoms with Crippen LogP contribution in [0.2, 0.25) is 0 Å². The lowest BCUT2D eigenvalue weighted by molar-refractivity contribution is 0.0955. The Morgan fingerprint density at radius 2 is 1.81 bits per heavy atom. The fraction of sp³-hybridized carbons (Fsp3) is 0.462. The van der Waals surface area contributed by atoms with Gasteiger partial charge in [0.25, 0.3) is 0 Å². The second-order valence-corrected chi connectivity index (χ2v) is 4.30. The Kier molecular flexibility index (Phi) is 4.07. The van der Waals surface area contributed by atoms with Gasteiger partial charge >= 0.3 is 0 Å². The zero-order valence-corrected chi connectivity index (χ0v) is 10.6. The minimum atomic E-state index is 0.0879. The number of carbonyl (C=O) groups excluding carboxylic acids is 1. The van der Waals surface area contributed by atoms with E-state index in [1.54, 1.807) is 7.11 Å². The molecule has 0 aliphatic rings. The van der Waals surface area contributed by atoms with E-state index in [9.17, 15) is 4.79 Å². The third-order valence-electron chi connectivity index (χ3n) is 2.58. The number of benzene rings is 1. The van der Waals surface area contributed by atoms with Gasteiger partial charge in [0.1, 0.15) is 5.75 Å². The number of Topliss-reactive ketones (excluding diaryl/α,β-unsaturated/α-hetero) is 1. The van der Waals surface area contributed by atoms with Crippen LogP contribution in [0.15, 0.2) is 12.1 Å². The van der Waals surface area contributed by atoms with Crippen LogP contribution in [0.1, 0.15) is 21.5 Å². The highest BCUT2D eigenvalue weighted by atomic mass is 16.5. The molecule has 16 heavy (non-hydrogen) atoms. The van der Waals surface area contributed by atoms with Gasteiger partial charge in [-0.3, -0.25) is 4.79 Å². The Labute approximate surface area is 97.0 Å². The summed E-state index contributed by atoms with van der Waals surface area (Å²) >= 11 is 0. The molecule has 0 bridgehead atoms. The molecule has 0 N–H and O–H groups in total. The van der Waals surface area contributed by atoms with Gasteiger partial charge in [-0.25, -0.2) is 0 Å². The fourth-order valence-corrected chi connectivity index (χ4v) is 1.55. The van der Waals surface area contributed by atoms with Gasteiger partial charge in [0.2, 0.25) is 0 Å². The molecule has 0 saturated heterocycles. The molecule has 0 atom stereocenters. The molecule has 0 aromatic heterocycles. The molecule has 0 spiro atoms. The molecule has 0 saturated carbocycles. The van der Waals surface area contributed by atoms with Crippen LogP contribution in [0.4, 0.5) is 0 Å². The maximum absolute atomic E-state index is 12.0. The number of nitrogens with zero attached hydrogens (tertiary/aromatic N) is 1. The molecule has 1 rings (SSSR count). The first-order chi connectivity index (χ1) is 7.45. The normalized spacial score (nSPS) is 10.6. The summed E-state index contributed by atoms with van der Waals surface area (Å²) in [5.74, 6) is 0.750. The maximum atomic E-state index is 12.0. The number of carbonyl (C=O) groups is 1. The number of hydrogen-bond donors (Lipinski definition) is 0. The molecular weight excluding hydrogens is 202 g/mol. The van der Waals surface area contributed by atoms with Crippen LogP contribution in [0.5, 0.6) is 5.75 Å². The number of aryl methyl sites for hydroxylation is 2. The summed E-state index contributed by atoms with van der Waals surface area (Å²) in [7, 11) is 5.35. The zero-order valence-electron chi connectivity index (χ0n) is 10.6. The molecule has 0 aliphatic heterocycles. The van der Waals surface area contributed by atoms with Crippen molar-refractivity contribution >= 4 is 5.78 Å². The van der Waals surface area contributed by atoms with Crippen molar-refractivity contribution in [1.29, 1.82) is 0 Å². The SMILES string of the molecule is COc1cc(C)c(C)cc1C(=O)CN(C)C. The minimum absolute atomic E-state index is 0.0879. The number of ether oxygens (including phenoxy) is 1. The van der Waals surface area contributed by atoms with Crippen molar-refractivity contribution in [2.45, 2.75) is 13.8 Å². The molecule has 0 aliphatic carbocycles. The first-order valence-electron chi connectivity index (χ1n) is 5.29. The molecule has 0 fully saturated rings. The summed E-state index contributed by atoms with van der Waals surface area (Å²) in [6.07, 6.45) is 0. The quantitative estimate of drug-likeness (QED) is 0.729. The standard InChI is InChI=1S/C13H19NO2/c1-9-6-11(12(15)8-14(3)4)13(16-5)7-10(9)2/h6-7H,8H2,1-5H3. The third-order valence-corrected chi connectivity index (χ3v) is 2.58. The van der Waals surface area contributed by atoms with E-state index in [0.717, 1.165) is 11.1 Å². The van der Waals surface area contributed by atoms with Gasteiger partial charge in [0, 0.05) is 0 Å². The maximum Gasteiger partial charge on any atom is 0.180 e. The number of likely N-dealkylation sites (N-methyl/N-ethyl adjacent to an activating group) is 1. The first kappa shape index (κ1) is 12.7. The number of hydrogen-bond acceptors (Lipinski definition) is 3. The lowest BCUT2D eigenvalue weighted by Crippen LogP contribution is -2.22. The van der Waals surface area contributed by atoms with Crippen molar-refractivity contribution in [3.63, 3.8) is 0 Å². The van der Waals surface area contributed by atoms with Crippen LogP contribution in [-0.4, -0.2) is 38.4 Å². The summed E-state index contributed by atoms with van der Waals surface area (Å²) < 4.78 is 5.24. The highest BCUT2D eigenvalue weighted by molar-refractivity contribution is 6.00. The number of rotatable bonds is 4. The largest absolute Gasteiger partial charge is 0.496 e. The lowest BCUT2D eigenvalue weighted by atomic mass is 10.0. The van der Waals surface area contributed by atoms with E-state index in [4.69, 9.17) is 4.74 Å². The van der Waals surface area contributed by atoms with Gasteiger partial charge in [-0.2, -0.15) is 0 Å². The second kappa shape index (κ2) is 5.12. The average molecular weight is 221 g/mol. The van der Waals surface area contributed by atoms with Crippen molar-refractivity contribution in [3.05, 3.63) is 28.8 Å². The molecule has 1 aromatic rings. The van der Waals surface area contributed by atoms with Gasteiger partial charge in [-0.15, -0.1) is 0 Å². The molecule has 0 radical (unpaired) electrons. The van der Waals surface area contributed by atoms with Crippen molar-refractivity contribution in [2.75, 3.05) is 27.7 Å². The van der Waals surface area contributed by atoms with E-state index in [2.05, 4.69) is 0 Å².